The Kier molecular flexibility index (Phi) is 3.32. The average Bonchev–Trinajstić information content (AvgIpc) is 2.31. The van der Waals surface area contributed by atoms with Gasteiger partial charge in [-0.2, -0.15) is 0 Å². The molecule has 1 unspecified atom stereocenters. The van der Waals surface area contributed by atoms with Crippen LogP contribution in [0.4, 0.5) is 0 Å². The number of benzene rings is 2. The zero-order valence-corrected chi connectivity index (χ0v) is 9.48. The van der Waals surface area contributed by atoms with Crippen molar-refractivity contribution in [1.82, 2.24) is 0 Å². The van der Waals surface area contributed by atoms with Crippen molar-refractivity contribution < 1.29 is 0 Å². The Morgan fingerprint density at radius 3 is 2.27 bits per heavy atom. The topological polar surface area (TPSA) is 0 Å². The van der Waals surface area contributed by atoms with Gasteiger partial charge in [-0.3, -0.25) is 0 Å². The molecule has 2 rings (SSSR count). The van der Waals surface area contributed by atoms with Crippen LogP contribution in [0.5, 0.6) is 0 Å². The number of hydrogen-bond acceptors (Lipinski definition) is 0. The molecule has 0 saturated heterocycles. The number of rotatable bonds is 3. The fraction of sp³-hybridized carbons (Fsp3) is 0. The summed E-state index contributed by atoms with van der Waals surface area (Å²) in [4.78, 5) is 0. The van der Waals surface area contributed by atoms with E-state index in [-0.39, 0.29) is 0 Å². The highest BCUT2D eigenvalue weighted by atomic mass is 31.1. The van der Waals surface area contributed by atoms with Crippen molar-refractivity contribution >= 4 is 25.3 Å². The van der Waals surface area contributed by atoms with Gasteiger partial charge in [-0.15, -0.1) is 0 Å². The van der Waals surface area contributed by atoms with Crippen LogP contribution in [0.25, 0.3) is 6.08 Å². The van der Waals surface area contributed by atoms with Gasteiger partial charge < -0.3 is 0 Å². The van der Waals surface area contributed by atoms with Crippen LogP contribution in [0, 0.1) is 0 Å². The lowest BCUT2D eigenvalue weighted by Gasteiger charge is -2.05. The maximum Gasteiger partial charge on any atom is -0.0154 e. The van der Waals surface area contributed by atoms with Crippen LogP contribution >= 0.6 is 8.58 Å². The van der Waals surface area contributed by atoms with Gasteiger partial charge in [-0.25, -0.2) is 0 Å². The van der Waals surface area contributed by atoms with Crippen LogP contribution in [0.1, 0.15) is 5.56 Å². The van der Waals surface area contributed by atoms with Crippen molar-refractivity contribution in [1.29, 1.82) is 0 Å². The van der Waals surface area contributed by atoms with E-state index in [2.05, 4.69) is 55.1 Å². The highest BCUT2D eigenvalue weighted by Gasteiger charge is 1.98. The summed E-state index contributed by atoms with van der Waals surface area (Å²) in [5.74, 6) is 0. The minimum atomic E-state index is 0.711. The molecule has 0 saturated carbocycles. The third kappa shape index (κ3) is 2.55. The molecule has 1 heteroatoms. The van der Waals surface area contributed by atoms with Gasteiger partial charge in [0, 0.05) is 0 Å². The molecule has 0 radical (unpaired) electrons. The maximum atomic E-state index is 3.84. The lowest BCUT2D eigenvalue weighted by Crippen LogP contribution is -2.05. The number of hydrogen-bond donors (Lipinski definition) is 0. The first-order valence-electron chi connectivity index (χ1n) is 4.93. The second-order valence-corrected chi connectivity index (χ2v) is 4.65. The van der Waals surface area contributed by atoms with E-state index in [0.29, 0.717) is 8.58 Å². The first kappa shape index (κ1) is 10.1. The Labute approximate surface area is 92.4 Å². The molecule has 1 atom stereocenters. The normalized spacial score (nSPS) is 10.7. The predicted octanol–water partition coefficient (Wildman–Crippen LogP) is 2.96. The van der Waals surface area contributed by atoms with Crippen molar-refractivity contribution in [3.05, 3.63) is 66.7 Å². The summed E-state index contributed by atoms with van der Waals surface area (Å²) in [6.07, 6.45) is 1.92. The Morgan fingerprint density at radius 2 is 1.53 bits per heavy atom. The maximum absolute atomic E-state index is 3.84. The second kappa shape index (κ2) is 4.91. The first-order valence-corrected chi connectivity index (χ1v) is 5.93. The van der Waals surface area contributed by atoms with E-state index in [4.69, 9.17) is 0 Å². The van der Waals surface area contributed by atoms with Crippen LogP contribution in [0.3, 0.4) is 0 Å². The van der Waals surface area contributed by atoms with Gasteiger partial charge in [-0.1, -0.05) is 75.8 Å². The van der Waals surface area contributed by atoms with Crippen LogP contribution < -0.4 is 10.6 Å². The van der Waals surface area contributed by atoms with Crippen molar-refractivity contribution in [3.63, 3.8) is 0 Å². The Morgan fingerprint density at radius 1 is 0.867 bits per heavy atom. The zero-order valence-electron chi connectivity index (χ0n) is 8.48. The monoisotopic (exact) mass is 212 g/mol. The molecule has 2 aromatic carbocycles. The van der Waals surface area contributed by atoms with Crippen molar-refractivity contribution in [2.24, 2.45) is 0 Å². The third-order valence-electron chi connectivity index (χ3n) is 2.23. The van der Waals surface area contributed by atoms with Gasteiger partial charge >= 0.3 is 0 Å². The Bertz CT molecular complexity index is 446. The molecule has 74 valence electrons. The molecule has 0 bridgehead atoms. The minimum Gasteiger partial charge on any atom is -0.0984 e. The van der Waals surface area contributed by atoms with E-state index < -0.39 is 0 Å². The molecule has 15 heavy (non-hydrogen) atoms. The zero-order chi connectivity index (χ0) is 10.5. The van der Waals surface area contributed by atoms with Gasteiger partial charge in [0.05, 0.1) is 0 Å². The quantitative estimate of drug-likeness (QED) is 0.686. The summed E-state index contributed by atoms with van der Waals surface area (Å²) in [5.41, 5.74) is 1.24. The molecular formula is C14H13P. The van der Waals surface area contributed by atoms with E-state index in [1.54, 1.807) is 0 Å². The van der Waals surface area contributed by atoms with Crippen LogP contribution in [0.2, 0.25) is 0 Å². The molecule has 0 fully saturated rings. The summed E-state index contributed by atoms with van der Waals surface area (Å²) < 4.78 is 0. The molecule has 0 nitrogen and oxygen atoms in total. The summed E-state index contributed by atoms with van der Waals surface area (Å²) >= 11 is 0. The lowest BCUT2D eigenvalue weighted by atomic mass is 10.2. The van der Waals surface area contributed by atoms with Crippen molar-refractivity contribution in [3.8, 4) is 0 Å². The molecule has 0 aliphatic carbocycles. The van der Waals surface area contributed by atoms with Gasteiger partial charge in [0.1, 0.15) is 0 Å². The molecule has 0 aliphatic heterocycles. The molecule has 2 aromatic rings. The molecule has 0 heterocycles. The SMILES string of the molecule is C=Cc1ccccc1Pc1ccccc1. The fourth-order valence-electron chi connectivity index (χ4n) is 1.47. The summed E-state index contributed by atoms with van der Waals surface area (Å²) in [6, 6.07) is 19.0. The second-order valence-electron chi connectivity index (χ2n) is 3.28. The van der Waals surface area contributed by atoms with E-state index >= 15 is 0 Å². The lowest BCUT2D eigenvalue weighted by molar-refractivity contribution is 1.72. The van der Waals surface area contributed by atoms with E-state index in [0.717, 1.165) is 0 Å². The van der Waals surface area contributed by atoms with Gasteiger partial charge in [0.15, 0.2) is 0 Å². The predicted molar refractivity (Wildman–Crippen MR) is 70.6 cm³/mol. The van der Waals surface area contributed by atoms with Crippen LogP contribution in [-0.4, -0.2) is 0 Å². The van der Waals surface area contributed by atoms with Gasteiger partial charge in [-0.05, 0) is 16.2 Å². The average molecular weight is 212 g/mol. The largest absolute Gasteiger partial charge is 0.0984 e. The van der Waals surface area contributed by atoms with Crippen molar-refractivity contribution in [2.45, 2.75) is 0 Å². The minimum absolute atomic E-state index is 0.711. The molecule has 0 aliphatic rings. The molecule has 0 N–H and O–H groups in total. The molecular weight excluding hydrogens is 199 g/mol. The summed E-state index contributed by atoms with van der Waals surface area (Å²) in [7, 11) is 0.711. The standard InChI is InChI=1S/C14H13P/c1-2-12-8-6-7-11-14(12)15-13-9-4-3-5-10-13/h2-11,15H,1H2. The van der Waals surface area contributed by atoms with E-state index in [9.17, 15) is 0 Å². The van der Waals surface area contributed by atoms with Crippen molar-refractivity contribution in [2.75, 3.05) is 0 Å². The smallest absolute Gasteiger partial charge is 0.0154 e. The van der Waals surface area contributed by atoms with Crippen LogP contribution in [0.15, 0.2) is 61.2 Å². The highest BCUT2D eigenvalue weighted by Crippen LogP contribution is 2.13. The first-order chi connectivity index (χ1) is 7.40. The Balaban J connectivity index is 2.28. The third-order valence-corrected chi connectivity index (χ3v) is 3.58. The Hall–Kier alpha value is -1.39. The summed E-state index contributed by atoms with van der Waals surface area (Å²) in [6.45, 7) is 3.84. The van der Waals surface area contributed by atoms with E-state index in [1.165, 1.54) is 16.2 Å². The molecule has 0 amide bonds. The fourth-order valence-corrected chi connectivity index (χ4v) is 2.65. The van der Waals surface area contributed by atoms with Crippen LogP contribution in [-0.2, 0) is 0 Å². The molecule has 0 aromatic heterocycles. The van der Waals surface area contributed by atoms with Gasteiger partial charge in [0.2, 0.25) is 0 Å². The molecule has 0 spiro atoms. The van der Waals surface area contributed by atoms with E-state index in [1.807, 2.05) is 12.1 Å². The summed E-state index contributed by atoms with van der Waals surface area (Å²) in [5, 5.41) is 2.73. The van der Waals surface area contributed by atoms with Gasteiger partial charge in [0.25, 0.3) is 0 Å². The highest BCUT2D eigenvalue weighted by molar-refractivity contribution is 7.55.